The van der Waals surface area contributed by atoms with Crippen LogP contribution >= 0.6 is 0 Å². The standard InChI is InChI=1S/C33H29B/c1-3-10-24-20-26(17-15-22(24)8-1)31-28-12-5-6-13-29(28)32(33-30(31)14-7-19-34-33)27-18-16-23-9-2-4-11-25(23)21-27/h1,3-8,10-12,14-18,20-21,23,25,29,34H,2,9,13,19H2. The Morgan fingerprint density at radius 3 is 2.79 bits per heavy atom. The van der Waals surface area contributed by atoms with Crippen LogP contribution in [0.4, 0.5) is 0 Å². The van der Waals surface area contributed by atoms with E-state index in [2.05, 4.69) is 103 Å². The highest BCUT2D eigenvalue weighted by molar-refractivity contribution is 6.49. The number of allylic oxidation sites excluding steroid dienone is 16. The number of hydrogen-bond acceptors (Lipinski definition) is 0. The van der Waals surface area contributed by atoms with Gasteiger partial charge >= 0.3 is 0 Å². The summed E-state index contributed by atoms with van der Waals surface area (Å²) in [5.74, 6) is 1.68. The summed E-state index contributed by atoms with van der Waals surface area (Å²) in [6.07, 6.45) is 28.9. The molecule has 0 aromatic heterocycles. The molecule has 1 aliphatic heterocycles. The smallest absolute Gasteiger partial charge is 0.0911 e. The highest BCUT2D eigenvalue weighted by Crippen LogP contribution is 2.51. The van der Waals surface area contributed by atoms with Crippen molar-refractivity contribution in [3.8, 4) is 0 Å². The Bertz CT molecular complexity index is 1430. The van der Waals surface area contributed by atoms with Gasteiger partial charge in [0.25, 0.3) is 0 Å². The molecule has 0 saturated heterocycles. The molecule has 0 amide bonds. The molecule has 0 fully saturated rings. The summed E-state index contributed by atoms with van der Waals surface area (Å²) in [7, 11) is 1.14. The number of rotatable bonds is 2. The topological polar surface area (TPSA) is 0 Å². The molecule has 34 heavy (non-hydrogen) atoms. The van der Waals surface area contributed by atoms with Gasteiger partial charge in [-0.15, -0.1) is 0 Å². The Morgan fingerprint density at radius 1 is 0.882 bits per heavy atom. The quantitative estimate of drug-likeness (QED) is 0.332. The molecule has 0 spiro atoms. The summed E-state index contributed by atoms with van der Waals surface area (Å²) in [5.41, 5.74) is 10.4. The molecule has 0 radical (unpaired) electrons. The van der Waals surface area contributed by atoms with Crippen LogP contribution in [0.3, 0.4) is 0 Å². The van der Waals surface area contributed by atoms with Gasteiger partial charge in [0.05, 0.1) is 0 Å². The average Bonchev–Trinajstić information content (AvgIpc) is 2.91. The molecular weight excluding hydrogens is 407 g/mol. The van der Waals surface area contributed by atoms with E-state index in [-0.39, 0.29) is 0 Å². The molecule has 7 rings (SSSR count). The van der Waals surface area contributed by atoms with E-state index >= 15 is 0 Å². The van der Waals surface area contributed by atoms with Gasteiger partial charge in [-0.2, -0.15) is 0 Å². The first kappa shape index (κ1) is 20.1. The summed E-state index contributed by atoms with van der Waals surface area (Å²) in [5, 5.41) is 2.63. The Balaban J connectivity index is 1.45. The van der Waals surface area contributed by atoms with E-state index in [0.29, 0.717) is 17.8 Å². The van der Waals surface area contributed by atoms with Gasteiger partial charge in [0.1, 0.15) is 0 Å². The van der Waals surface area contributed by atoms with Crippen LogP contribution in [0.5, 0.6) is 0 Å². The van der Waals surface area contributed by atoms with Crippen LogP contribution in [-0.2, 0) is 0 Å². The first-order valence-electron chi connectivity index (χ1n) is 12.9. The molecule has 0 saturated carbocycles. The van der Waals surface area contributed by atoms with Crippen molar-refractivity contribution < 1.29 is 0 Å². The van der Waals surface area contributed by atoms with E-state index in [1.54, 1.807) is 11.0 Å². The van der Waals surface area contributed by atoms with Crippen molar-refractivity contribution in [3.63, 3.8) is 0 Å². The third kappa shape index (κ3) is 3.22. The average molecular weight is 436 g/mol. The molecule has 5 aliphatic rings. The normalized spacial score (nSPS) is 27.1. The molecule has 2 aromatic rings. The van der Waals surface area contributed by atoms with E-state index in [1.165, 1.54) is 51.5 Å². The third-order valence-electron chi connectivity index (χ3n) is 8.32. The Kier molecular flexibility index (Phi) is 4.83. The lowest BCUT2D eigenvalue weighted by atomic mass is 9.52. The molecule has 3 unspecified atom stereocenters. The zero-order chi connectivity index (χ0) is 22.5. The molecule has 164 valence electrons. The van der Waals surface area contributed by atoms with Crippen LogP contribution in [0.2, 0.25) is 6.32 Å². The largest absolute Gasteiger partial charge is 0.162 e. The second-order valence-electron chi connectivity index (χ2n) is 10.3. The van der Waals surface area contributed by atoms with Gasteiger partial charge in [-0.25, -0.2) is 0 Å². The van der Waals surface area contributed by atoms with E-state index < -0.39 is 0 Å². The predicted octanol–water partition coefficient (Wildman–Crippen LogP) is 7.87. The molecule has 2 aromatic carbocycles. The lowest BCUT2D eigenvalue weighted by Crippen LogP contribution is -2.25. The Hall–Kier alpha value is -3.32. The van der Waals surface area contributed by atoms with Crippen LogP contribution in [0.15, 0.2) is 131 Å². The first-order chi connectivity index (χ1) is 16.9. The van der Waals surface area contributed by atoms with Crippen molar-refractivity contribution in [3.05, 3.63) is 137 Å². The van der Waals surface area contributed by atoms with Crippen molar-refractivity contribution >= 4 is 23.6 Å². The predicted molar refractivity (Wildman–Crippen MR) is 147 cm³/mol. The summed E-state index contributed by atoms with van der Waals surface area (Å²) in [6, 6.07) is 15.8. The minimum Gasteiger partial charge on any atom is -0.0911 e. The van der Waals surface area contributed by atoms with E-state index in [4.69, 9.17) is 0 Å². The lowest BCUT2D eigenvalue weighted by Gasteiger charge is -2.38. The molecule has 3 atom stereocenters. The first-order valence-corrected chi connectivity index (χ1v) is 12.9. The number of hydrogen-bond donors (Lipinski definition) is 0. The molecule has 1 heterocycles. The van der Waals surface area contributed by atoms with Gasteiger partial charge in [-0.05, 0) is 75.4 Å². The Labute approximate surface area is 203 Å². The minimum atomic E-state index is 0.441. The number of fused-ring (bicyclic) bond motifs is 4. The third-order valence-corrected chi connectivity index (χ3v) is 8.32. The fourth-order valence-electron chi connectivity index (χ4n) is 6.70. The molecule has 4 aliphatic carbocycles. The monoisotopic (exact) mass is 436 g/mol. The van der Waals surface area contributed by atoms with Crippen LogP contribution < -0.4 is 0 Å². The van der Waals surface area contributed by atoms with E-state index in [0.717, 1.165) is 20.0 Å². The van der Waals surface area contributed by atoms with Gasteiger partial charge in [0, 0.05) is 11.8 Å². The highest BCUT2D eigenvalue weighted by atomic mass is 14.4. The van der Waals surface area contributed by atoms with Crippen LogP contribution in [0, 0.1) is 17.8 Å². The van der Waals surface area contributed by atoms with E-state index in [1.807, 2.05) is 0 Å². The maximum absolute atomic E-state index is 2.58. The van der Waals surface area contributed by atoms with Gasteiger partial charge in [-0.1, -0.05) is 109 Å². The van der Waals surface area contributed by atoms with Gasteiger partial charge < -0.3 is 0 Å². The Morgan fingerprint density at radius 2 is 1.82 bits per heavy atom. The second-order valence-corrected chi connectivity index (χ2v) is 10.3. The summed E-state index contributed by atoms with van der Waals surface area (Å²) >= 11 is 0. The van der Waals surface area contributed by atoms with E-state index in [9.17, 15) is 0 Å². The summed E-state index contributed by atoms with van der Waals surface area (Å²) < 4.78 is 0. The van der Waals surface area contributed by atoms with Crippen molar-refractivity contribution in [2.45, 2.75) is 25.6 Å². The lowest BCUT2D eigenvalue weighted by molar-refractivity contribution is 0.489. The second kappa shape index (κ2) is 8.17. The minimum absolute atomic E-state index is 0.441. The van der Waals surface area contributed by atoms with Crippen molar-refractivity contribution in [1.29, 1.82) is 0 Å². The van der Waals surface area contributed by atoms with Crippen LogP contribution in [0.25, 0.3) is 16.3 Å². The zero-order valence-corrected chi connectivity index (χ0v) is 19.6. The maximum Gasteiger partial charge on any atom is 0.162 e. The molecule has 1 heteroatoms. The molecule has 0 nitrogen and oxygen atoms in total. The molecular formula is C33H29B. The fourth-order valence-corrected chi connectivity index (χ4v) is 6.70. The maximum atomic E-state index is 2.58. The van der Waals surface area contributed by atoms with Crippen molar-refractivity contribution in [2.24, 2.45) is 17.8 Å². The van der Waals surface area contributed by atoms with Crippen molar-refractivity contribution in [2.75, 3.05) is 0 Å². The number of benzene rings is 2. The van der Waals surface area contributed by atoms with Gasteiger partial charge in [0.15, 0.2) is 7.28 Å². The fraction of sp³-hybridized carbons (Fsp3) is 0.212. The molecule has 0 bridgehead atoms. The summed E-state index contributed by atoms with van der Waals surface area (Å²) in [6.45, 7) is 0. The SMILES string of the molecule is B1CC=CC2=C(c3ccc4ccccc4c3)C3=CC=CCC3C(C3=CC4C=CCCC4C=C3)=C12. The van der Waals surface area contributed by atoms with Crippen LogP contribution in [-0.4, -0.2) is 7.28 Å². The summed E-state index contributed by atoms with van der Waals surface area (Å²) in [4.78, 5) is 0. The zero-order valence-electron chi connectivity index (χ0n) is 19.6. The van der Waals surface area contributed by atoms with Gasteiger partial charge in [-0.3, -0.25) is 0 Å². The van der Waals surface area contributed by atoms with Crippen LogP contribution in [0.1, 0.15) is 24.8 Å². The highest BCUT2D eigenvalue weighted by Gasteiger charge is 2.36. The van der Waals surface area contributed by atoms with Crippen molar-refractivity contribution in [1.82, 2.24) is 0 Å². The molecule has 0 N–H and O–H groups in total. The van der Waals surface area contributed by atoms with Gasteiger partial charge in [0.2, 0.25) is 0 Å².